The van der Waals surface area contributed by atoms with E-state index in [0.29, 0.717) is 13.2 Å². The van der Waals surface area contributed by atoms with Crippen LogP contribution >= 0.6 is 0 Å². The molecular formula is C58H70O4. The zero-order valence-corrected chi connectivity index (χ0v) is 37.6. The minimum absolute atomic E-state index is 0.446. The van der Waals surface area contributed by atoms with Crippen LogP contribution in [0.2, 0.25) is 0 Å². The lowest BCUT2D eigenvalue weighted by Gasteiger charge is -2.28. The molecule has 0 radical (unpaired) electrons. The molecular weight excluding hydrogens is 761 g/mol. The smallest absolute Gasteiger partial charge is 0.128 e. The number of hydrogen-bond donors (Lipinski definition) is 0. The first-order valence-corrected chi connectivity index (χ1v) is 24.4. The molecule has 0 amide bonds. The minimum atomic E-state index is 0.446. The summed E-state index contributed by atoms with van der Waals surface area (Å²) in [5, 5.41) is 4.59. The van der Waals surface area contributed by atoms with Crippen LogP contribution in [0.4, 0.5) is 0 Å². The summed E-state index contributed by atoms with van der Waals surface area (Å²) in [4.78, 5) is 0. The maximum Gasteiger partial charge on any atom is 0.128 e. The van der Waals surface area contributed by atoms with Crippen LogP contribution in [-0.4, -0.2) is 13.2 Å². The van der Waals surface area contributed by atoms with E-state index >= 15 is 0 Å². The lowest BCUT2D eigenvalue weighted by Crippen LogP contribution is -2.15. The van der Waals surface area contributed by atoms with E-state index in [1.165, 1.54) is 89.9 Å². The molecule has 8 rings (SSSR count). The van der Waals surface area contributed by atoms with Crippen LogP contribution in [0.25, 0.3) is 32.7 Å². The first-order valence-electron chi connectivity index (χ1n) is 24.4. The van der Waals surface area contributed by atoms with Crippen molar-refractivity contribution < 1.29 is 18.9 Å². The number of fused-ring (bicyclic) bond motifs is 2. The highest BCUT2D eigenvalue weighted by Crippen LogP contribution is 2.46. The van der Waals surface area contributed by atoms with Gasteiger partial charge < -0.3 is 18.9 Å². The summed E-state index contributed by atoms with van der Waals surface area (Å²) in [6.45, 7) is 7.09. The van der Waals surface area contributed by atoms with Gasteiger partial charge >= 0.3 is 0 Å². The average molecular weight is 831 g/mol. The summed E-state index contributed by atoms with van der Waals surface area (Å²) in [6.07, 6.45) is 21.6. The second-order valence-electron chi connectivity index (χ2n) is 18.5. The van der Waals surface area contributed by atoms with Crippen molar-refractivity contribution in [3.8, 4) is 34.1 Å². The van der Waals surface area contributed by atoms with E-state index in [2.05, 4.69) is 135 Å². The first kappa shape index (κ1) is 43.7. The monoisotopic (exact) mass is 831 g/mol. The molecule has 326 valence electrons. The first-order chi connectivity index (χ1) is 30.6. The van der Waals surface area contributed by atoms with Gasteiger partial charge in [0.2, 0.25) is 0 Å². The predicted octanol–water partition coefficient (Wildman–Crippen LogP) is 16.3. The van der Waals surface area contributed by atoms with Crippen molar-refractivity contribution in [2.45, 2.75) is 130 Å². The molecule has 0 heterocycles. The van der Waals surface area contributed by atoms with Crippen molar-refractivity contribution in [1.82, 2.24) is 0 Å². The Labute approximate surface area is 372 Å². The quantitative estimate of drug-likeness (QED) is 0.0677. The van der Waals surface area contributed by atoms with Crippen molar-refractivity contribution in [3.05, 3.63) is 132 Å². The lowest BCUT2D eigenvalue weighted by molar-refractivity contribution is 0.230. The number of benzene rings is 6. The number of hydrogen-bond acceptors (Lipinski definition) is 4. The fourth-order valence-electron chi connectivity index (χ4n) is 10.5. The van der Waals surface area contributed by atoms with Crippen LogP contribution in [0.5, 0.6) is 23.0 Å². The van der Waals surface area contributed by atoms with Gasteiger partial charge in [0.05, 0.1) is 13.2 Å². The molecule has 0 saturated heterocycles. The Kier molecular flexibility index (Phi) is 15.8. The number of ether oxygens (including phenoxy) is 4. The summed E-state index contributed by atoms with van der Waals surface area (Å²) in [6, 6.07) is 42.6. The Morgan fingerprint density at radius 3 is 1.15 bits per heavy atom. The Balaban J connectivity index is 0.906. The van der Waals surface area contributed by atoms with Gasteiger partial charge in [-0.2, -0.15) is 0 Å². The molecule has 0 spiro atoms. The molecule has 4 heteroatoms. The molecule has 6 aromatic rings. The van der Waals surface area contributed by atoms with E-state index in [9.17, 15) is 0 Å². The molecule has 0 unspecified atom stereocenters. The van der Waals surface area contributed by atoms with E-state index in [-0.39, 0.29) is 0 Å². The van der Waals surface area contributed by atoms with Crippen LogP contribution in [0, 0.1) is 23.7 Å². The molecule has 0 N–H and O–H groups in total. The van der Waals surface area contributed by atoms with E-state index in [1.54, 1.807) is 0 Å². The fraction of sp³-hybridized carbons (Fsp3) is 0.448. The minimum Gasteiger partial charge on any atom is -0.494 e. The van der Waals surface area contributed by atoms with Gasteiger partial charge in [0.1, 0.15) is 36.2 Å². The Bertz CT molecular complexity index is 2100. The van der Waals surface area contributed by atoms with Crippen molar-refractivity contribution in [3.63, 3.8) is 0 Å². The molecule has 0 aromatic heterocycles. The normalized spacial score (nSPS) is 19.1. The molecule has 62 heavy (non-hydrogen) atoms. The summed E-state index contributed by atoms with van der Waals surface area (Å²) in [5.41, 5.74) is 4.30. The van der Waals surface area contributed by atoms with E-state index in [0.717, 1.165) is 117 Å². The molecule has 2 saturated carbocycles. The van der Waals surface area contributed by atoms with Gasteiger partial charge in [-0.1, -0.05) is 176 Å². The Morgan fingerprint density at radius 2 is 0.758 bits per heavy atom. The highest BCUT2D eigenvalue weighted by Gasteiger charge is 2.22. The summed E-state index contributed by atoms with van der Waals surface area (Å²) < 4.78 is 25.9. The van der Waals surface area contributed by atoms with Crippen LogP contribution in [0.1, 0.15) is 128 Å². The predicted molar refractivity (Wildman–Crippen MR) is 259 cm³/mol. The van der Waals surface area contributed by atoms with Crippen LogP contribution in [0.3, 0.4) is 0 Å². The summed E-state index contributed by atoms with van der Waals surface area (Å²) in [7, 11) is 0. The standard InChI is InChI=1S/C58H70O4/c1-3-11-43-19-23-45(24-20-43)13-9-39-59-51-33-27-47(28-34-51)41-61-55-37-31-49-15-5-7-17-53(49)57(55)58-54-18-8-6-16-50(54)32-38-56(58)62-42-48-29-35-52(36-30-48)60-40-10-14-46-25-21-44(12-4-2)22-26-46/h5-8,15-18,27-38,43-46H,3-4,9-14,19-26,39-42H2,1-2H3/t43-,44-,45-,46-. The topological polar surface area (TPSA) is 36.9 Å². The van der Waals surface area contributed by atoms with Gasteiger partial charge in [-0.25, -0.2) is 0 Å². The van der Waals surface area contributed by atoms with Gasteiger partial charge in [0.25, 0.3) is 0 Å². The number of rotatable bonds is 21. The maximum absolute atomic E-state index is 6.77. The van der Waals surface area contributed by atoms with Crippen LogP contribution in [0.15, 0.2) is 121 Å². The van der Waals surface area contributed by atoms with Gasteiger partial charge in [0.15, 0.2) is 0 Å². The molecule has 2 aliphatic carbocycles. The molecule has 2 fully saturated rings. The lowest BCUT2D eigenvalue weighted by atomic mass is 9.78. The maximum atomic E-state index is 6.77. The van der Waals surface area contributed by atoms with E-state index < -0.39 is 0 Å². The third-order valence-corrected chi connectivity index (χ3v) is 14.0. The molecule has 2 aliphatic rings. The largest absolute Gasteiger partial charge is 0.494 e. The Morgan fingerprint density at radius 1 is 0.387 bits per heavy atom. The third-order valence-electron chi connectivity index (χ3n) is 14.0. The molecule has 0 atom stereocenters. The molecule has 4 nitrogen and oxygen atoms in total. The average Bonchev–Trinajstić information content (AvgIpc) is 3.32. The van der Waals surface area contributed by atoms with Gasteiger partial charge in [-0.3, -0.25) is 0 Å². The molecule has 0 bridgehead atoms. The van der Waals surface area contributed by atoms with Gasteiger partial charge in [-0.15, -0.1) is 0 Å². The van der Waals surface area contributed by atoms with Crippen molar-refractivity contribution in [1.29, 1.82) is 0 Å². The van der Waals surface area contributed by atoms with Crippen molar-refractivity contribution in [2.24, 2.45) is 23.7 Å². The molecule has 6 aromatic carbocycles. The second-order valence-corrected chi connectivity index (χ2v) is 18.5. The van der Waals surface area contributed by atoms with Crippen LogP contribution < -0.4 is 18.9 Å². The highest BCUT2D eigenvalue weighted by atomic mass is 16.5. The van der Waals surface area contributed by atoms with E-state index in [1.807, 2.05) is 0 Å². The summed E-state index contributed by atoms with van der Waals surface area (Å²) >= 11 is 0. The molecule has 0 aliphatic heterocycles. The van der Waals surface area contributed by atoms with Crippen LogP contribution in [-0.2, 0) is 13.2 Å². The second kappa shape index (κ2) is 22.4. The SMILES string of the molecule is CCC[C@H]1CC[C@H](CCCOc2ccc(COc3ccc4ccccc4c3-c3c(OCc4ccc(OCCC[C@H]5CC[C@H](CCC)CC5)cc4)ccc4ccccc34)cc2)CC1. The third kappa shape index (κ3) is 11.7. The van der Waals surface area contributed by atoms with E-state index in [4.69, 9.17) is 18.9 Å². The fourth-order valence-corrected chi connectivity index (χ4v) is 10.5. The Hall–Kier alpha value is -4.96. The van der Waals surface area contributed by atoms with Crippen molar-refractivity contribution >= 4 is 21.5 Å². The zero-order valence-electron chi connectivity index (χ0n) is 37.6. The zero-order chi connectivity index (χ0) is 42.4. The summed E-state index contributed by atoms with van der Waals surface area (Å²) in [5.74, 6) is 7.22. The van der Waals surface area contributed by atoms with Gasteiger partial charge in [0, 0.05) is 11.1 Å². The van der Waals surface area contributed by atoms with Gasteiger partial charge in [-0.05, 0) is 118 Å². The van der Waals surface area contributed by atoms with Crippen molar-refractivity contribution in [2.75, 3.05) is 13.2 Å². The highest BCUT2D eigenvalue weighted by molar-refractivity contribution is 6.09.